The van der Waals surface area contributed by atoms with E-state index in [2.05, 4.69) is 20.8 Å². The lowest BCUT2D eigenvalue weighted by Crippen LogP contribution is -2.45. The van der Waals surface area contributed by atoms with Gasteiger partial charge >= 0.3 is 0 Å². The molecule has 4 N–H and O–H groups in total. The van der Waals surface area contributed by atoms with E-state index in [0.29, 0.717) is 12.1 Å². The molecule has 2 aliphatic rings. The number of hydrogen-bond donors (Lipinski definition) is 3. The quantitative estimate of drug-likeness (QED) is 0.577. The number of aliphatic hydroxyl groups excluding tert-OH is 1. The van der Waals surface area contributed by atoms with Crippen LogP contribution in [0.25, 0.3) is 0 Å². The molecule has 0 saturated carbocycles. The van der Waals surface area contributed by atoms with Gasteiger partial charge in [0.25, 0.3) is 0 Å². The van der Waals surface area contributed by atoms with Gasteiger partial charge in [-0.3, -0.25) is 5.41 Å². The summed E-state index contributed by atoms with van der Waals surface area (Å²) < 4.78 is 0.998. The van der Waals surface area contributed by atoms with Gasteiger partial charge in [0.2, 0.25) is 0 Å². The van der Waals surface area contributed by atoms with Gasteiger partial charge in [-0.2, -0.15) is 0 Å². The normalized spacial score (nSPS) is 29.6. The van der Waals surface area contributed by atoms with Crippen LogP contribution in [0, 0.1) is 5.41 Å². The number of nitrogens with two attached hydrogens (primary N) is 1. The molecule has 2 fully saturated rings. The van der Waals surface area contributed by atoms with Crippen molar-refractivity contribution >= 4 is 27.5 Å². The van der Waals surface area contributed by atoms with Crippen molar-refractivity contribution in [2.45, 2.75) is 43.9 Å². The van der Waals surface area contributed by atoms with Crippen LogP contribution in [0.3, 0.4) is 0 Å². The lowest BCUT2D eigenvalue weighted by Gasteiger charge is -2.40. The van der Waals surface area contributed by atoms with Crippen molar-refractivity contribution in [3.05, 3.63) is 28.2 Å². The molecule has 0 aromatic heterocycles. The zero-order valence-electron chi connectivity index (χ0n) is 10.6. The van der Waals surface area contributed by atoms with Gasteiger partial charge in [-0.15, -0.1) is 0 Å². The Bertz CT molecular complexity index is 505. The summed E-state index contributed by atoms with van der Waals surface area (Å²) in [5, 5.41) is 17.6. The van der Waals surface area contributed by atoms with Gasteiger partial charge in [0.15, 0.2) is 0 Å². The Kier molecular flexibility index (Phi) is 3.27. The maximum Gasteiger partial charge on any atom is 0.124 e. The Balaban J connectivity index is 2.03. The highest BCUT2D eigenvalue weighted by molar-refractivity contribution is 9.10. The van der Waals surface area contributed by atoms with Crippen LogP contribution in [-0.2, 0) is 0 Å². The van der Waals surface area contributed by atoms with Gasteiger partial charge in [0.05, 0.1) is 6.10 Å². The van der Waals surface area contributed by atoms with Crippen molar-refractivity contribution < 1.29 is 5.11 Å². The predicted molar refractivity (Wildman–Crippen MR) is 79.7 cm³/mol. The monoisotopic (exact) mass is 323 g/mol. The first-order chi connectivity index (χ1) is 9.06. The number of nitrogens with one attached hydrogen (secondary N) is 1. The summed E-state index contributed by atoms with van der Waals surface area (Å²) in [4.78, 5) is 2.37. The molecule has 2 heterocycles. The fourth-order valence-electron chi connectivity index (χ4n) is 3.49. The molecular formula is C14H18BrN3O. The molecule has 0 aliphatic carbocycles. The fraction of sp³-hybridized carbons (Fsp3) is 0.500. The largest absolute Gasteiger partial charge is 0.393 e. The molecule has 19 heavy (non-hydrogen) atoms. The average molecular weight is 324 g/mol. The number of benzene rings is 1. The molecule has 2 atom stereocenters. The molecule has 0 spiro atoms. The van der Waals surface area contributed by atoms with Gasteiger partial charge in [-0.1, -0.05) is 15.9 Å². The number of rotatable bonds is 2. The molecule has 1 aromatic carbocycles. The molecule has 102 valence electrons. The summed E-state index contributed by atoms with van der Waals surface area (Å²) in [6.07, 6.45) is 3.69. The molecule has 2 aliphatic heterocycles. The number of nitrogen functional groups attached to an aromatic ring is 1. The van der Waals surface area contributed by atoms with E-state index in [-0.39, 0.29) is 11.9 Å². The SMILES string of the molecule is N=C(N)c1ccc(Br)cc1N1C2CCC1CC(O)C2. The standard InChI is InChI=1S/C14H18BrN3O/c15-8-1-4-12(14(16)17)13(5-8)18-9-2-3-10(18)7-11(19)6-9/h1,4-5,9-11,19H,2-3,6-7H2,(H3,16,17). The molecule has 1 aromatic rings. The lowest BCUT2D eigenvalue weighted by molar-refractivity contribution is 0.126. The Morgan fingerprint density at radius 2 is 1.95 bits per heavy atom. The predicted octanol–water partition coefficient (Wildman–Crippen LogP) is 2.23. The highest BCUT2D eigenvalue weighted by Crippen LogP contribution is 2.41. The number of hydrogen-bond acceptors (Lipinski definition) is 3. The molecule has 2 unspecified atom stereocenters. The molecule has 2 saturated heterocycles. The van der Waals surface area contributed by atoms with Crippen LogP contribution >= 0.6 is 15.9 Å². The van der Waals surface area contributed by atoms with E-state index in [9.17, 15) is 5.11 Å². The van der Waals surface area contributed by atoms with Crippen LogP contribution in [0.15, 0.2) is 22.7 Å². The molecule has 0 radical (unpaired) electrons. The topological polar surface area (TPSA) is 73.3 Å². The second-order valence-corrected chi connectivity index (χ2v) is 6.41. The van der Waals surface area contributed by atoms with Gasteiger partial charge in [-0.25, -0.2) is 0 Å². The van der Waals surface area contributed by atoms with E-state index in [0.717, 1.165) is 41.4 Å². The van der Waals surface area contributed by atoms with Crippen LogP contribution < -0.4 is 10.6 Å². The van der Waals surface area contributed by atoms with E-state index in [1.807, 2.05) is 18.2 Å². The van der Waals surface area contributed by atoms with E-state index in [1.54, 1.807) is 0 Å². The Labute approximate surface area is 121 Å². The third-order valence-corrected chi connectivity index (χ3v) is 4.73. The Morgan fingerprint density at radius 1 is 1.32 bits per heavy atom. The first-order valence-corrected chi connectivity index (χ1v) is 7.46. The summed E-state index contributed by atoms with van der Waals surface area (Å²) in [5.41, 5.74) is 7.52. The van der Waals surface area contributed by atoms with Crippen molar-refractivity contribution in [3.63, 3.8) is 0 Å². The molecule has 5 heteroatoms. The fourth-order valence-corrected chi connectivity index (χ4v) is 3.84. The lowest BCUT2D eigenvalue weighted by atomic mass is 9.97. The number of anilines is 1. The number of halogens is 1. The highest BCUT2D eigenvalue weighted by Gasteiger charge is 2.41. The summed E-state index contributed by atoms with van der Waals surface area (Å²) in [5.74, 6) is 0.105. The van der Waals surface area contributed by atoms with E-state index in [1.165, 1.54) is 0 Å². The smallest absolute Gasteiger partial charge is 0.124 e. The third kappa shape index (κ3) is 2.25. The number of piperidine rings is 1. The minimum absolute atomic E-state index is 0.105. The van der Waals surface area contributed by atoms with Crippen molar-refractivity contribution in [1.29, 1.82) is 5.41 Å². The zero-order chi connectivity index (χ0) is 13.6. The van der Waals surface area contributed by atoms with Crippen LogP contribution in [0.2, 0.25) is 0 Å². The van der Waals surface area contributed by atoms with Gasteiger partial charge in [0, 0.05) is 27.8 Å². The maximum atomic E-state index is 9.88. The maximum absolute atomic E-state index is 9.88. The van der Waals surface area contributed by atoms with Gasteiger partial charge in [-0.05, 0) is 43.9 Å². The van der Waals surface area contributed by atoms with Crippen LogP contribution in [0.5, 0.6) is 0 Å². The van der Waals surface area contributed by atoms with Crippen LogP contribution in [-0.4, -0.2) is 29.1 Å². The van der Waals surface area contributed by atoms with E-state index >= 15 is 0 Å². The van der Waals surface area contributed by atoms with Crippen LogP contribution in [0.1, 0.15) is 31.2 Å². The zero-order valence-corrected chi connectivity index (χ0v) is 12.2. The summed E-state index contributed by atoms with van der Waals surface area (Å²) in [7, 11) is 0. The second-order valence-electron chi connectivity index (χ2n) is 5.49. The molecular weight excluding hydrogens is 306 g/mol. The molecule has 0 amide bonds. The minimum atomic E-state index is -0.179. The third-order valence-electron chi connectivity index (χ3n) is 4.24. The van der Waals surface area contributed by atoms with Crippen molar-refractivity contribution in [2.75, 3.05) is 4.90 Å². The average Bonchev–Trinajstić information content (AvgIpc) is 2.61. The number of aliphatic hydroxyl groups is 1. The van der Waals surface area contributed by atoms with Crippen LogP contribution in [0.4, 0.5) is 5.69 Å². The number of amidine groups is 1. The van der Waals surface area contributed by atoms with E-state index in [4.69, 9.17) is 11.1 Å². The summed E-state index contributed by atoms with van der Waals surface area (Å²) >= 11 is 3.50. The molecule has 2 bridgehead atoms. The molecule has 3 rings (SSSR count). The van der Waals surface area contributed by atoms with Gasteiger partial charge < -0.3 is 15.7 Å². The summed E-state index contributed by atoms with van der Waals surface area (Å²) in [6.45, 7) is 0. The number of fused-ring (bicyclic) bond motifs is 2. The minimum Gasteiger partial charge on any atom is -0.393 e. The van der Waals surface area contributed by atoms with E-state index < -0.39 is 0 Å². The second kappa shape index (κ2) is 4.80. The van der Waals surface area contributed by atoms with Gasteiger partial charge in [0.1, 0.15) is 5.84 Å². The van der Waals surface area contributed by atoms with Crippen molar-refractivity contribution in [1.82, 2.24) is 0 Å². The molecule has 4 nitrogen and oxygen atoms in total. The first-order valence-electron chi connectivity index (χ1n) is 6.66. The summed E-state index contributed by atoms with van der Waals surface area (Å²) in [6, 6.07) is 6.61. The Hall–Kier alpha value is -1.07. The number of nitrogens with zero attached hydrogens (tertiary/aromatic N) is 1. The van der Waals surface area contributed by atoms with Crippen molar-refractivity contribution in [2.24, 2.45) is 5.73 Å². The first kappa shape index (κ1) is 12.9. The highest BCUT2D eigenvalue weighted by atomic mass is 79.9. The Morgan fingerprint density at radius 3 is 2.53 bits per heavy atom. The van der Waals surface area contributed by atoms with Crippen molar-refractivity contribution in [3.8, 4) is 0 Å².